The molecule has 1 aliphatic heterocycles. The average molecular weight is 381 g/mol. The summed E-state index contributed by atoms with van der Waals surface area (Å²) in [5, 5.41) is 5.79. The van der Waals surface area contributed by atoms with E-state index in [-0.39, 0.29) is 11.9 Å². The maximum Gasteiger partial charge on any atom is 0.321 e. The van der Waals surface area contributed by atoms with Crippen LogP contribution in [0.3, 0.4) is 0 Å². The molecule has 0 atom stereocenters. The zero-order valence-electron chi connectivity index (χ0n) is 16.5. The number of likely N-dealkylation sites (tertiary alicyclic amines) is 1. The van der Waals surface area contributed by atoms with E-state index in [0.29, 0.717) is 22.7 Å². The highest BCUT2D eigenvalue weighted by Crippen LogP contribution is 2.21. The van der Waals surface area contributed by atoms with Gasteiger partial charge >= 0.3 is 6.03 Å². The first-order valence-electron chi connectivity index (χ1n) is 9.69. The van der Waals surface area contributed by atoms with Crippen LogP contribution in [0, 0.1) is 6.92 Å². The van der Waals surface area contributed by atoms with Gasteiger partial charge in [0, 0.05) is 30.0 Å². The van der Waals surface area contributed by atoms with Gasteiger partial charge in [0.2, 0.25) is 0 Å². The second-order valence-corrected chi connectivity index (χ2v) is 7.05. The maximum absolute atomic E-state index is 12.5. The van der Waals surface area contributed by atoms with Crippen molar-refractivity contribution in [2.45, 2.75) is 32.6 Å². The van der Waals surface area contributed by atoms with Crippen LogP contribution in [-0.2, 0) is 0 Å². The molecule has 1 fully saturated rings. The molecule has 2 aromatic rings. The molecule has 1 heterocycles. The fourth-order valence-electron chi connectivity index (χ4n) is 3.28. The Morgan fingerprint density at radius 2 is 1.50 bits per heavy atom. The fraction of sp³-hybridized carbons (Fsp3) is 0.364. The Balaban J connectivity index is 1.59. The quantitative estimate of drug-likeness (QED) is 0.809. The monoisotopic (exact) mass is 381 g/mol. The van der Waals surface area contributed by atoms with E-state index in [1.54, 1.807) is 43.5 Å². The van der Waals surface area contributed by atoms with Crippen LogP contribution in [0.4, 0.5) is 16.2 Å². The van der Waals surface area contributed by atoms with Crippen LogP contribution >= 0.6 is 0 Å². The molecule has 0 unspecified atom stereocenters. The summed E-state index contributed by atoms with van der Waals surface area (Å²) in [6.07, 6.45) is 4.49. The van der Waals surface area contributed by atoms with Gasteiger partial charge in [-0.05, 0) is 61.7 Å². The SMILES string of the molecule is COc1cc(C(=O)Nc2ccc(NC(=O)N3CCCCCC3)cc2)ccc1C. The maximum atomic E-state index is 12.5. The second kappa shape index (κ2) is 9.26. The molecule has 1 saturated heterocycles. The summed E-state index contributed by atoms with van der Waals surface area (Å²) in [4.78, 5) is 26.7. The number of amides is 3. The number of rotatable bonds is 4. The Labute approximate surface area is 165 Å². The van der Waals surface area contributed by atoms with Gasteiger partial charge in [0.1, 0.15) is 5.75 Å². The third-order valence-electron chi connectivity index (χ3n) is 4.96. The lowest BCUT2D eigenvalue weighted by Crippen LogP contribution is -2.35. The Bertz CT molecular complexity index is 825. The van der Waals surface area contributed by atoms with Crippen LogP contribution in [0.5, 0.6) is 5.75 Å². The number of hydrogen-bond acceptors (Lipinski definition) is 3. The van der Waals surface area contributed by atoms with E-state index in [1.807, 2.05) is 17.9 Å². The number of carbonyl (C=O) groups is 2. The van der Waals surface area contributed by atoms with Crippen molar-refractivity contribution < 1.29 is 14.3 Å². The van der Waals surface area contributed by atoms with Crippen molar-refractivity contribution in [1.29, 1.82) is 0 Å². The smallest absolute Gasteiger partial charge is 0.321 e. The van der Waals surface area contributed by atoms with Gasteiger partial charge in [0.15, 0.2) is 0 Å². The predicted octanol–water partition coefficient (Wildman–Crippen LogP) is 4.66. The lowest BCUT2D eigenvalue weighted by molar-refractivity contribution is 0.102. The standard InChI is InChI=1S/C22H27N3O3/c1-16-7-8-17(15-20(16)28-2)21(26)23-18-9-11-19(12-10-18)24-22(27)25-13-5-3-4-6-14-25/h7-12,15H,3-6,13-14H2,1-2H3,(H,23,26)(H,24,27). The zero-order valence-corrected chi connectivity index (χ0v) is 16.5. The lowest BCUT2D eigenvalue weighted by Gasteiger charge is -2.20. The zero-order chi connectivity index (χ0) is 19.9. The number of anilines is 2. The minimum atomic E-state index is -0.209. The molecule has 6 nitrogen and oxygen atoms in total. The number of hydrogen-bond donors (Lipinski definition) is 2. The molecule has 0 saturated carbocycles. The Kier molecular flexibility index (Phi) is 6.53. The van der Waals surface area contributed by atoms with Gasteiger partial charge in [-0.15, -0.1) is 0 Å². The Morgan fingerprint density at radius 1 is 0.893 bits per heavy atom. The van der Waals surface area contributed by atoms with Crippen molar-refractivity contribution in [3.05, 3.63) is 53.6 Å². The van der Waals surface area contributed by atoms with Crippen molar-refractivity contribution >= 4 is 23.3 Å². The third-order valence-corrected chi connectivity index (χ3v) is 4.96. The van der Waals surface area contributed by atoms with E-state index >= 15 is 0 Å². The normalized spacial score (nSPS) is 14.1. The third kappa shape index (κ3) is 5.03. The van der Waals surface area contributed by atoms with E-state index in [1.165, 1.54) is 12.8 Å². The van der Waals surface area contributed by atoms with Crippen LogP contribution in [0.15, 0.2) is 42.5 Å². The van der Waals surface area contributed by atoms with E-state index in [0.717, 1.165) is 31.5 Å². The van der Waals surface area contributed by atoms with E-state index < -0.39 is 0 Å². The predicted molar refractivity (Wildman–Crippen MR) is 111 cm³/mol. The molecular weight excluding hydrogens is 354 g/mol. The van der Waals surface area contributed by atoms with Crippen LogP contribution in [-0.4, -0.2) is 37.0 Å². The minimum Gasteiger partial charge on any atom is -0.496 e. The molecule has 0 aromatic heterocycles. The summed E-state index contributed by atoms with van der Waals surface area (Å²) in [7, 11) is 1.59. The molecule has 148 valence electrons. The highest BCUT2D eigenvalue weighted by Gasteiger charge is 2.15. The molecule has 0 aliphatic carbocycles. The molecule has 2 N–H and O–H groups in total. The Morgan fingerprint density at radius 3 is 2.11 bits per heavy atom. The van der Waals surface area contributed by atoms with Gasteiger partial charge in [0.05, 0.1) is 7.11 Å². The Hall–Kier alpha value is -3.02. The molecule has 3 rings (SSSR count). The first-order chi connectivity index (χ1) is 13.6. The molecular formula is C22H27N3O3. The molecule has 2 aromatic carbocycles. The fourth-order valence-corrected chi connectivity index (χ4v) is 3.28. The van der Waals surface area contributed by atoms with Crippen LogP contribution in [0.25, 0.3) is 0 Å². The van der Waals surface area contributed by atoms with Crippen LogP contribution in [0.1, 0.15) is 41.6 Å². The number of nitrogens with one attached hydrogen (secondary N) is 2. The molecule has 0 bridgehead atoms. The summed E-state index contributed by atoms with van der Waals surface area (Å²) in [6.45, 7) is 3.54. The van der Waals surface area contributed by atoms with Gasteiger partial charge < -0.3 is 20.3 Å². The summed E-state index contributed by atoms with van der Waals surface area (Å²) in [5.74, 6) is 0.471. The number of ether oxygens (including phenoxy) is 1. The highest BCUT2D eigenvalue weighted by molar-refractivity contribution is 6.04. The largest absolute Gasteiger partial charge is 0.496 e. The molecule has 6 heteroatoms. The molecule has 28 heavy (non-hydrogen) atoms. The molecule has 1 aliphatic rings. The summed E-state index contributed by atoms with van der Waals surface area (Å²) >= 11 is 0. The number of methoxy groups -OCH3 is 1. The van der Waals surface area contributed by atoms with Crippen LogP contribution in [0.2, 0.25) is 0 Å². The van der Waals surface area contributed by atoms with Crippen molar-refractivity contribution in [3.8, 4) is 5.75 Å². The summed E-state index contributed by atoms with van der Waals surface area (Å²) in [5.41, 5.74) is 2.88. The minimum absolute atomic E-state index is 0.0644. The first kappa shape index (κ1) is 19.7. The van der Waals surface area contributed by atoms with Gasteiger partial charge in [-0.2, -0.15) is 0 Å². The summed E-state index contributed by atoms with van der Waals surface area (Å²) < 4.78 is 5.27. The number of aryl methyl sites for hydroxylation is 1. The van der Waals surface area contributed by atoms with Gasteiger partial charge in [-0.3, -0.25) is 4.79 Å². The summed E-state index contributed by atoms with van der Waals surface area (Å²) in [6, 6.07) is 12.4. The van der Waals surface area contributed by atoms with Crippen molar-refractivity contribution in [1.82, 2.24) is 4.90 Å². The van der Waals surface area contributed by atoms with E-state index in [4.69, 9.17) is 4.74 Å². The molecule has 0 spiro atoms. The van der Waals surface area contributed by atoms with Crippen LogP contribution < -0.4 is 15.4 Å². The van der Waals surface area contributed by atoms with E-state index in [9.17, 15) is 9.59 Å². The van der Waals surface area contributed by atoms with Crippen molar-refractivity contribution in [2.75, 3.05) is 30.8 Å². The molecule has 0 radical (unpaired) electrons. The number of carbonyl (C=O) groups excluding carboxylic acids is 2. The van der Waals surface area contributed by atoms with Crippen molar-refractivity contribution in [3.63, 3.8) is 0 Å². The number of urea groups is 1. The van der Waals surface area contributed by atoms with Gasteiger partial charge in [-0.25, -0.2) is 4.79 Å². The second-order valence-electron chi connectivity index (χ2n) is 7.05. The van der Waals surface area contributed by atoms with Crippen molar-refractivity contribution in [2.24, 2.45) is 0 Å². The van der Waals surface area contributed by atoms with E-state index in [2.05, 4.69) is 10.6 Å². The number of nitrogens with zero attached hydrogens (tertiary/aromatic N) is 1. The van der Waals surface area contributed by atoms with Gasteiger partial charge in [0.25, 0.3) is 5.91 Å². The lowest BCUT2D eigenvalue weighted by atomic mass is 10.1. The number of benzene rings is 2. The van der Waals surface area contributed by atoms with Gasteiger partial charge in [-0.1, -0.05) is 18.9 Å². The topological polar surface area (TPSA) is 70.7 Å². The highest BCUT2D eigenvalue weighted by atomic mass is 16.5. The first-order valence-corrected chi connectivity index (χ1v) is 9.69. The average Bonchev–Trinajstić information content (AvgIpc) is 2.99. The molecule has 3 amide bonds.